The average molecular weight is 428 g/mol. The molecule has 4 aliphatic rings. The van der Waals surface area contributed by atoms with Gasteiger partial charge in [-0.05, 0) is 24.5 Å². The Balaban J connectivity index is 1.43. The summed E-state index contributed by atoms with van der Waals surface area (Å²) in [7, 11) is 0. The number of likely N-dealkylation sites (tertiary alicyclic amines) is 1. The molecule has 32 heavy (non-hydrogen) atoms. The molecule has 0 aliphatic carbocycles. The van der Waals surface area contributed by atoms with Gasteiger partial charge in [-0.3, -0.25) is 19.3 Å². The van der Waals surface area contributed by atoms with Crippen molar-refractivity contribution in [3.05, 3.63) is 71.8 Å². The Hall–Kier alpha value is -3.25. The molecule has 6 nitrogen and oxygen atoms in total. The van der Waals surface area contributed by atoms with Gasteiger partial charge in [0.25, 0.3) is 0 Å². The van der Waals surface area contributed by atoms with Crippen molar-refractivity contribution >= 4 is 29.4 Å². The zero-order valence-corrected chi connectivity index (χ0v) is 17.6. The van der Waals surface area contributed by atoms with Gasteiger partial charge in [0, 0.05) is 17.9 Å². The fourth-order valence-electron chi connectivity index (χ4n) is 5.82. The summed E-state index contributed by atoms with van der Waals surface area (Å²) in [6.45, 7) is 0.947. The third-order valence-electron chi connectivity index (χ3n) is 7.24. The van der Waals surface area contributed by atoms with Crippen molar-refractivity contribution in [1.29, 1.82) is 0 Å². The molecule has 2 aromatic rings. The molecular formula is C26H24N2O4. The molecule has 0 bridgehead atoms. The number of fused-ring (bicyclic) bond motifs is 5. The second kappa shape index (κ2) is 7.41. The highest BCUT2D eigenvalue weighted by Gasteiger charge is 2.64. The monoisotopic (exact) mass is 428 g/mol. The van der Waals surface area contributed by atoms with Gasteiger partial charge >= 0.3 is 0 Å². The molecule has 2 amide bonds. The second-order valence-electron chi connectivity index (χ2n) is 8.96. The van der Waals surface area contributed by atoms with Crippen LogP contribution >= 0.6 is 0 Å². The average Bonchev–Trinajstić information content (AvgIpc) is 3.52. The lowest BCUT2D eigenvalue weighted by Crippen LogP contribution is -2.49. The Morgan fingerprint density at radius 2 is 1.72 bits per heavy atom. The van der Waals surface area contributed by atoms with E-state index in [-0.39, 0.29) is 36.3 Å². The van der Waals surface area contributed by atoms with E-state index in [2.05, 4.69) is 0 Å². The normalized spacial score (nSPS) is 30.4. The highest BCUT2D eigenvalue weighted by Crippen LogP contribution is 2.49. The van der Waals surface area contributed by atoms with Crippen LogP contribution in [0.25, 0.3) is 6.08 Å². The van der Waals surface area contributed by atoms with Gasteiger partial charge in [0.05, 0.1) is 30.5 Å². The number of ketones is 1. The van der Waals surface area contributed by atoms with Gasteiger partial charge in [0.1, 0.15) is 6.04 Å². The molecule has 4 aliphatic heterocycles. The number of para-hydroxylation sites is 1. The lowest BCUT2D eigenvalue weighted by molar-refractivity contribution is -0.142. The number of carbonyl (C=O) groups is 3. The van der Waals surface area contributed by atoms with Crippen molar-refractivity contribution in [2.24, 2.45) is 11.8 Å². The zero-order chi connectivity index (χ0) is 21.8. The molecule has 3 fully saturated rings. The fourth-order valence-corrected chi connectivity index (χ4v) is 5.82. The van der Waals surface area contributed by atoms with Gasteiger partial charge in [0.15, 0.2) is 5.78 Å². The summed E-state index contributed by atoms with van der Waals surface area (Å²) in [6.07, 6.45) is 5.67. The van der Waals surface area contributed by atoms with E-state index in [0.717, 1.165) is 24.1 Å². The van der Waals surface area contributed by atoms with Crippen LogP contribution in [-0.4, -0.2) is 53.8 Å². The molecule has 0 saturated carbocycles. The summed E-state index contributed by atoms with van der Waals surface area (Å²) in [6, 6.07) is 15.9. The summed E-state index contributed by atoms with van der Waals surface area (Å²) in [5.41, 5.74) is 2.45. The van der Waals surface area contributed by atoms with Crippen LogP contribution in [0.4, 0.5) is 5.69 Å². The number of hydrogen-bond donors (Lipinski definition) is 0. The quantitative estimate of drug-likeness (QED) is 0.553. The van der Waals surface area contributed by atoms with E-state index in [0.29, 0.717) is 12.2 Å². The molecule has 0 N–H and O–H groups in total. The van der Waals surface area contributed by atoms with Crippen LogP contribution in [-0.2, 0) is 14.3 Å². The molecule has 5 atom stereocenters. The van der Waals surface area contributed by atoms with E-state index in [1.165, 1.54) is 4.90 Å². The fraction of sp³-hybridized carbons (Fsp3) is 0.346. The van der Waals surface area contributed by atoms with Crippen LogP contribution in [0, 0.1) is 11.8 Å². The molecular weight excluding hydrogens is 404 g/mol. The first-order valence-electron chi connectivity index (χ1n) is 11.3. The zero-order valence-electron chi connectivity index (χ0n) is 17.6. The van der Waals surface area contributed by atoms with Gasteiger partial charge < -0.3 is 9.64 Å². The molecule has 0 radical (unpaired) electrons. The van der Waals surface area contributed by atoms with E-state index < -0.39 is 17.9 Å². The Morgan fingerprint density at radius 1 is 0.969 bits per heavy atom. The van der Waals surface area contributed by atoms with Crippen LogP contribution in [0.2, 0.25) is 0 Å². The van der Waals surface area contributed by atoms with E-state index in [9.17, 15) is 14.4 Å². The lowest BCUT2D eigenvalue weighted by atomic mass is 9.86. The number of carbonyl (C=O) groups excluding carboxylic acids is 3. The molecule has 3 saturated heterocycles. The Bertz CT molecular complexity index is 1120. The number of anilines is 1. The van der Waals surface area contributed by atoms with Crippen molar-refractivity contribution in [1.82, 2.24) is 4.90 Å². The van der Waals surface area contributed by atoms with Gasteiger partial charge in [-0.25, -0.2) is 0 Å². The third-order valence-corrected chi connectivity index (χ3v) is 7.24. The first kappa shape index (κ1) is 19.4. The molecule has 2 aromatic carbocycles. The Morgan fingerprint density at radius 3 is 2.50 bits per heavy atom. The maximum absolute atomic E-state index is 13.8. The molecule has 162 valence electrons. The predicted molar refractivity (Wildman–Crippen MR) is 119 cm³/mol. The molecule has 0 spiro atoms. The highest BCUT2D eigenvalue weighted by atomic mass is 16.5. The maximum Gasteiger partial charge on any atom is 0.235 e. The van der Waals surface area contributed by atoms with E-state index >= 15 is 0 Å². The lowest BCUT2D eigenvalue weighted by Gasteiger charge is -2.36. The Kier molecular flexibility index (Phi) is 4.50. The number of rotatable bonds is 4. The predicted octanol–water partition coefficient (Wildman–Crippen LogP) is 2.93. The molecule has 6 rings (SSSR count). The van der Waals surface area contributed by atoms with Crippen molar-refractivity contribution in [2.75, 3.05) is 18.1 Å². The summed E-state index contributed by atoms with van der Waals surface area (Å²) in [5.74, 6) is -1.81. The molecule has 6 heteroatoms. The minimum absolute atomic E-state index is 0.108. The maximum atomic E-state index is 13.8. The van der Waals surface area contributed by atoms with Crippen LogP contribution < -0.4 is 4.90 Å². The Labute approximate surface area is 186 Å². The van der Waals surface area contributed by atoms with Crippen molar-refractivity contribution < 1.29 is 19.1 Å². The summed E-state index contributed by atoms with van der Waals surface area (Å²) in [5, 5.41) is 0. The van der Waals surface area contributed by atoms with Crippen molar-refractivity contribution in [2.45, 2.75) is 31.0 Å². The first-order chi connectivity index (χ1) is 15.6. The van der Waals surface area contributed by atoms with Crippen molar-refractivity contribution in [3.63, 3.8) is 0 Å². The SMILES string of the molecule is O=C(c1ccccc1)[C@@H]1[C@H]2C(=O)N(C[C@@H]3CCCO3)C(=O)[C@@H]2[C@H]2C=Cc3ccccc3N21. The molecule has 0 aromatic heterocycles. The first-order valence-corrected chi connectivity index (χ1v) is 11.3. The minimum atomic E-state index is -0.718. The van der Waals surface area contributed by atoms with E-state index in [4.69, 9.17) is 4.74 Å². The van der Waals surface area contributed by atoms with Crippen LogP contribution in [0.1, 0.15) is 28.8 Å². The number of ether oxygens (including phenoxy) is 1. The van der Waals surface area contributed by atoms with Crippen molar-refractivity contribution in [3.8, 4) is 0 Å². The minimum Gasteiger partial charge on any atom is -0.376 e. The number of Topliss-reactive ketones (excluding diaryl/α,β-unsaturated/α-hetero) is 1. The summed E-state index contributed by atoms with van der Waals surface area (Å²) in [4.78, 5) is 44.3. The van der Waals surface area contributed by atoms with E-state index in [1.54, 1.807) is 12.1 Å². The molecule has 4 heterocycles. The highest BCUT2D eigenvalue weighted by molar-refractivity contribution is 6.14. The third kappa shape index (κ3) is 2.79. The largest absolute Gasteiger partial charge is 0.376 e. The number of imide groups is 1. The number of nitrogens with zero attached hydrogens (tertiary/aromatic N) is 2. The van der Waals surface area contributed by atoms with Gasteiger partial charge in [-0.2, -0.15) is 0 Å². The van der Waals surface area contributed by atoms with E-state index in [1.807, 2.05) is 59.5 Å². The smallest absolute Gasteiger partial charge is 0.235 e. The molecule has 0 unspecified atom stereocenters. The van der Waals surface area contributed by atoms with Crippen LogP contribution in [0.15, 0.2) is 60.7 Å². The number of amides is 2. The topological polar surface area (TPSA) is 66.9 Å². The standard InChI is InChI=1S/C26H24N2O4/c29-24(17-8-2-1-3-9-17)23-22-21(20-13-12-16-7-4-5-11-19(16)28(20)23)25(30)27(26(22)31)15-18-10-6-14-32-18/h1-5,7-9,11-13,18,20-23H,6,10,14-15H2/t18-,20+,21+,22-,23-/m0/s1. The summed E-state index contributed by atoms with van der Waals surface area (Å²) >= 11 is 0. The van der Waals surface area contributed by atoms with Gasteiger partial charge in [-0.15, -0.1) is 0 Å². The van der Waals surface area contributed by atoms with Crippen LogP contribution in [0.5, 0.6) is 0 Å². The summed E-state index contributed by atoms with van der Waals surface area (Å²) < 4.78 is 5.69. The number of benzene rings is 2. The van der Waals surface area contributed by atoms with Gasteiger partial charge in [0.2, 0.25) is 11.8 Å². The van der Waals surface area contributed by atoms with Crippen LogP contribution in [0.3, 0.4) is 0 Å². The second-order valence-corrected chi connectivity index (χ2v) is 8.96. The number of hydrogen-bond acceptors (Lipinski definition) is 5. The van der Waals surface area contributed by atoms with Gasteiger partial charge in [-0.1, -0.05) is 60.7 Å².